The number of rotatable bonds is 5. The smallest absolute Gasteiger partial charge is 0.164 e. The van der Waals surface area contributed by atoms with Gasteiger partial charge in [-0.1, -0.05) is 30.3 Å². The summed E-state index contributed by atoms with van der Waals surface area (Å²) in [6.07, 6.45) is 5.41. The average Bonchev–Trinajstić information content (AvgIpc) is 3.57. The molecule has 5 aromatic rings. The second kappa shape index (κ2) is 9.17. The van der Waals surface area contributed by atoms with Crippen molar-refractivity contribution in [3.63, 3.8) is 0 Å². The molecule has 1 saturated heterocycles. The van der Waals surface area contributed by atoms with E-state index >= 15 is 0 Å². The monoisotopic (exact) mass is 475 g/mol. The molecule has 1 aliphatic heterocycles. The zero-order chi connectivity index (χ0) is 24.5. The number of aromatic nitrogens is 5. The van der Waals surface area contributed by atoms with Gasteiger partial charge in [0.2, 0.25) is 0 Å². The van der Waals surface area contributed by atoms with Crippen molar-refractivity contribution in [2.45, 2.75) is 6.54 Å². The fourth-order valence-corrected chi connectivity index (χ4v) is 4.80. The van der Waals surface area contributed by atoms with Crippen LogP contribution in [0.25, 0.3) is 27.9 Å². The Labute approximate surface area is 208 Å². The van der Waals surface area contributed by atoms with E-state index in [1.165, 1.54) is 5.56 Å². The minimum absolute atomic E-state index is 0.207. The predicted molar refractivity (Wildman–Crippen MR) is 139 cm³/mol. The van der Waals surface area contributed by atoms with Gasteiger partial charge in [-0.25, -0.2) is 9.50 Å². The number of anilines is 2. The normalized spacial score (nSPS) is 14.2. The molecular weight excluding hydrogens is 450 g/mol. The highest BCUT2D eigenvalue weighted by molar-refractivity contribution is 5.89. The van der Waals surface area contributed by atoms with Gasteiger partial charge in [0.1, 0.15) is 17.5 Å². The Bertz CT molecular complexity index is 1520. The molecule has 178 valence electrons. The van der Waals surface area contributed by atoms with E-state index in [1.807, 2.05) is 30.6 Å². The third kappa shape index (κ3) is 4.04. The summed E-state index contributed by atoms with van der Waals surface area (Å²) in [6.45, 7) is 4.81. The molecule has 9 nitrogen and oxygen atoms in total. The van der Waals surface area contributed by atoms with Crippen LogP contribution >= 0.6 is 0 Å². The van der Waals surface area contributed by atoms with Crippen LogP contribution in [0.2, 0.25) is 0 Å². The molecule has 0 spiro atoms. The standard InChI is InChI=1S/C27H25N9/c28-15-23-26-22(14-21(24-8-9-31-32-24)18-36(26)33-27(23)29)20-6-7-25(30-16-20)35-12-10-34(11-13-35)17-19-4-2-1-3-5-19/h1-9,14,16,18H,10-13,17H2,(H2,29,33)(H,31,32). The first-order valence-corrected chi connectivity index (χ1v) is 11.9. The molecule has 0 radical (unpaired) electrons. The van der Waals surface area contributed by atoms with Gasteiger partial charge in [0.15, 0.2) is 5.82 Å². The number of hydrogen-bond donors (Lipinski definition) is 2. The lowest BCUT2D eigenvalue weighted by atomic mass is 10.0. The quantitative estimate of drug-likeness (QED) is 0.399. The number of benzene rings is 1. The van der Waals surface area contributed by atoms with Crippen LogP contribution in [0.3, 0.4) is 0 Å². The lowest BCUT2D eigenvalue weighted by Crippen LogP contribution is -2.46. The molecular formula is C27H25N9. The minimum atomic E-state index is 0.207. The minimum Gasteiger partial charge on any atom is -0.381 e. The number of hydrogen-bond acceptors (Lipinski definition) is 7. The molecule has 1 aromatic carbocycles. The zero-order valence-electron chi connectivity index (χ0n) is 19.7. The Kier molecular flexibility index (Phi) is 5.56. The van der Waals surface area contributed by atoms with Crippen LogP contribution in [-0.4, -0.2) is 55.9 Å². The highest BCUT2D eigenvalue weighted by Crippen LogP contribution is 2.33. The average molecular weight is 476 g/mol. The fraction of sp³-hybridized carbons (Fsp3) is 0.185. The van der Waals surface area contributed by atoms with Crippen LogP contribution in [0.15, 0.2) is 73.2 Å². The van der Waals surface area contributed by atoms with E-state index in [9.17, 15) is 5.26 Å². The number of pyridine rings is 2. The van der Waals surface area contributed by atoms with Crippen LogP contribution in [-0.2, 0) is 6.54 Å². The van der Waals surface area contributed by atoms with Crippen molar-refractivity contribution in [1.82, 2.24) is 29.7 Å². The largest absolute Gasteiger partial charge is 0.381 e. The maximum atomic E-state index is 9.73. The summed E-state index contributed by atoms with van der Waals surface area (Å²) in [5, 5.41) is 21.2. The van der Waals surface area contributed by atoms with Gasteiger partial charge < -0.3 is 10.6 Å². The molecule has 36 heavy (non-hydrogen) atoms. The van der Waals surface area contributed by atoms with Crippen molar-refractivity contribution in [2.24, 2.45) is 0 Å². The summed E-state index contributed by atoms with van der Waals surface area (Å²) in [7, 11) is 0. The fourth-order valence-electron chi connectivity index (χ4n) is 4.80. The van der Waals surface area contributed by atoms with Crippen LogP contribution in [0.4, 0.5) is 11.6 Å². The molecule has 0 unspecified atom stereocenters. The van der Waals surface area contributed by atoms with Crippen LogP contribution in [0.5, 0.6) is 0 Å². The van der Waals surface area contributed by atoms with E-state index in [0.717, 1.165) is 60.9 Å². The molecule has 0 amide bonds. The van der Waals surface area contributed by atoms with Crippen molar-refractivity contribution in [3.8, 4) is 28.5 Å². The highest BCUT2D eigenvalue weighted by atomic mass is 15.3. The van der Waals surface area contributed by atoms with Crippen molar-refractivity contribution < 1.29 is 0 Å². The molecule has 4 aromatic heterocycles. The number of nitriles is 1. The van der Waals surface area contributed by atoms with Gasteiger partial charge in [0, 0.05) is 68.0 Å². The van der Waals surface area contributed by atoms with Gasteiger partial charge in [-0.15, -0.1) is 5.10 Å². The topological polar surface area (TPSA) is 115 Å². The molecule has 5 heterocycles. The Morgan fingerprint density at radius 1 is 1.00 bits per heavy atom. The highest BCUT2D eigenvalue weighted by Gasteiger charge is 2.20. The number of fused-ring (bicyclic) bond motifs is 1. The van der Waals surface area contributed by atoms with Crippen molar-refractivity contribution in [2.75, 3.05) is 36.8 Å². The van der Waals surface area contributed by atoms with Gasteiger partial charge >= 0.3 is 0 Å². The van der Waals surface area contributed by atoms with E-state index in [2.05, 4.69) is 67.6 Å². The number of nitrogens with two attached hydrogens (primary N) is 1. The van der Waals surface area contributed by atoms with Gasteiger partial charge in [-0.3, -0.25) is 10.00 Å². The molecule has 9 heteroatoms. The van der Waals surface area contributed by atoms with Gasteiger partial charge in [-0.2, -0.15) is 10.4 Å². The molecule has 0 aliphatic carbocycles. The lowest BCUT2D eigenvalue weighted by molar-refractivity contribution is 0.249. The Balaban J connectivity index is 1.26. The molecule has 0 saturated carbocycles. The first-order chi connectivity index (χ1) is 17.7. The van der Waals surface area contributed by atoms with Crippen molar-refractivity contribution in [3.05, 3.63) is 84.3 Å². The molecule has 0 bridgehead atoms. The van der Waals surface area contributed by atoms with Crippen LogP contribution in [0.1, 0.15) is 11.1 Å². The molecule has 1 fully saturated rings. The van der Waals surface area contributed by atoms with E-state index in [1.54, 1.807) is 10.7 Å². The summed E-state index contributed by atoms with van der Waals surface area (Å²) >= 11 is 0. The van der Waals surface area contributed by atoms with Crippen LogP contribution < -0.4 is 10.6 Å². The first kappa shape index (κ1) is 21.8. The molecule has 3 N–H and O–H groups in total. The Morgan fingerprint density at radius 3 is 2.53 bits per heavy atom. The number of H-pyrrole nitrogens is 1. The van der Waals surface area contributed by atoms with E-state index in [4.69, 9.17) is 10.7 Å². The number of nitrogens with one attached hydrogen (secondary N) is 1. The number of aromatic amines is 1. The second-order valence-corrected chi connectivity index (χ2v) is 8.93. The van der Waals surface area contributed by atoms with Crippen molar-refractivity contribution in [1.29, 1.82) is 5.26 Å². The lowest BCUT2D eigenvalue weighted by Gasteiger charge is -2.35. The SMILES string of the molecule is N#Cc1c(N)nn2cc(-c3ccn[nH]3)cc(-c3ccc(N4CCN(Cc5ccccc5)CC4)nc3)c12. The number of piperazine rings is 1. The second-order valence-electron chi connectivity index (χ2n) is 8.93. The summed E-state index contributed by atoms with van der Waals surface area (Å²) < 4.78 is 1.67. The van der Waals surface area contributed by atoms with E-state index < -0.39 is 0 Å². The van der Waals surface area contributed by atoms with Crippen LogP contribution in [0, 0.1) is 11.3 Å². The van der Waals surface area contributed by atoms with Gasteiger partial charge in [0.05, 0.1) is 11.2 Å². The third-order valence-corrected chi connectivity index (χ3v) is 6.68. The Morgan fingerprint density at radius 2 is 1.83 bits per heavy atom. The first-order valence-electron chi connectivity index (χ1n) is 11.9. The summed E-state index contributed by atoms with van der Waals surface area (Å²) in [6, 6.07) is 20.8. The van der Waals surface area contributed by atoms with E-state index in [-0.39, 0.29) is 5.82 Å². The molecule has 1 aliphatic rings. The zero-order valence-corrected chi connectivity index (χ0v) is 19.7. The summed E-state index contributed by atoms with van der Waals surface area (Å²) in [5.74, 6) is 1.16. The maximum Gasteiger partial charge on any atom is 0.164 e. The molecule has 0 atom stereocenters. The van der Waals surface area contributed by atoms with Crippen molar-refractivity contribution >= 4 is 17.2 Å². The van der Waals surface area contributed by atoms with Gasteiger partial charge in [0.25, 0.3) is 0 Å². The third-order valence-electron chi connectivity index (χ3n) is 6.68. The maximum absolute atomic E-state index is 9.73. The Hall–Kier alpha value is -4.68. The molecule has 6 rings (SSSR count). The van der Waals surface area contributed by atoms with E-state index in [0.29, 0.717) is 11.1 Å². The summed E-state index contributed by atoms with van der Waals surface area (Å²) in [4.78, 5) is 9.59. The summed E-state index contributed by atoms with van der Waals surface area (Å²) in [5.41, 5.74) is 11.9. The van der Waals surface area contributed by atoms with Gasteiger partial charge in [-0.05, 0) is 29.8 Å². The predicted octanol–water partition coefficient (Wildman–Crippen LogP) is 3.56. The number of nitrogen functional groups attached to an aromatic ring is 1. The number of nitrogens with zero attached hydrogens (tertiary/aromatic N) is 7.